The molecule has 3 N–H and O–H groups in total. The van der Waals surface area contributed by atoms with Crippen molar-refractivity contribution in [1.29, 1.82) is 0 Å². The van der Waals surface area contributed by atoms with Gasteiger partial charge in [0.2, 0.25) is 10.0 Å². The summed E-state index contributed by atoms with van der Waals surface area (Å²) >= 11 is 3.04. The van der Waals surface area contributed by atoms with E-state index in [1.165, 1.54) is 12.1 Å². The van der Waals surface area contributed by atoms with Crippen LogP contribution in [0, 0.1) is 0 Å². The maximum atomic E-state index is 11.9. The zero-order valence-corrected chi connectivity index (χ0v) is 12.5. The van der Waals surface area contributed by atoms with Crippen LogP contribution in [0.5, 0.6) is 0 Å². The number of carboxylic acids is 1. The van der Waals surface area contributed by atoms with E-state index in [0.29, 0.717) is 4.47 Å². The summed E-state index contributed by atoms with van der Waals surface area (Å²) in [4.78, 5) is 10.8. The lowest BCUT2D eigenvalue weighted by atomic mass is 10.2. The number of sulfonamides is 1. The fourth-order valence-electron chi connectivity index (χ4n) is 1.32. The maximum absolute atomic E-state index is 11.9. The van der Waals surface area contributed by atoms with E-state index >= 15 is 0 Å². The third-order valence-electron chi connectivity index (χ3n) is 2.33. The summed E-state index contributed by atoms with van der Waals surface area (Å²) in [6, 6.07) is 3.75. The molecule has 0 heterocycles. The highest BCUT2D eigenvalue weighted by atomic mass is 79.9. The summed E-state index contributed by atoms with van der Waals surface area (Å²) in [6.07, 6.45) is -0.330. The van der Waals surface area contributed by atoms with Crippen LogP contribution in [0.25, 0.3) is 0 Å². The third-order valence-corrected chi connectivity index (χ3v) is 4.48. The lowest BCUT2D eigenvalue weighted by molar-refractivity contribution is 0.0695. The molecular formula is C11H14BrNO5S. The van der Waals surface area contributed by atoms with Gasteiger partial charge in [-0.15, -0.1) is 0 Å². The fourth-order valence-corrected chi connectivity index (χ4v) is 2.81. The number of nitrogens with one attached hydrogen (secondary N) is 1. The fraction of sp³-hybridized carbons (Fsp3) is 0.364. The Hall–Kier alpha value is -0.960. The van der Waals surface area contributed by atoms with Crippen LogP contribution in [0.4, 0.5) is 0 Å². The molecule has 0 fully saturated rings. The lowest BCUT2D eigenvalue weighted by Crippen LogP contribution is -2.27. The smallest absolute Gasteiger partial charge is 0.336 e. The molecule has 0 amide bonds. The quantitative estimate of drug-likeness (QED) is 0.714. The molecule has 19 heavy (non-hydrogen) atoms. The Kier molecular flexibility index (Phi) is 5.48. The number of aliphatic hydroxyl groups is 1. The second-order valence-electron chi connectivity index (χ2n) is 3.98. The normalized spacial score (nSPS) is 13.2. The van der Waals surface area contributed by atoms with Crippen molar-refractivity contribution in [3.63, 3.8) is 0 Å². The third kappa shape index (κ3) is 4.57. The molecule has 0 bridgehead atoms. The lowest BCUT2D eigenvalue weighted by Gasteiger charge is -2.09. The zero-order valence-electron chi connectivity index (χ0n) is 10.1. The van der Waals surface area contributed by atoms with Crippen molar-refractivity contribution >= 4 is 31.9 Å². The molecular weight excluding hydrogens is 338 g/mol. The molecule has 0 aliphatic heterocycles. The Labute approximate surface area is 119 Å². The van der Waals surface area contributed by atoms with Gasteiger partial charge in [-0.25, -0.2) is 17.9 Å². The first-order valence-corrected chi connectivity index (χ1v) is 7.72. The second kappa shape index (κ2) is 6.47. The van der Waals surface area contributed by atoms with Gasteiger partial charge >= 0.3 is 5.97 Å². The standard InChI is InChI=1S/C11H14BrNO5S/c1-7(14)4-5-13-19(17,18)8-2-3-10(12)9(6-8)11(15)16/h2-3,6-7,13-14H,4-5H2,1H3,(H,15,16). The number of aliphatic hydroxyl groups excluding tert-OH is 1. The van der Waals surface area contributed by atoms with E-state index in [4.69, 9.17) is 10.2 Å². The number of benzene rings is 1. The van der Waals surface area contributed by atoms with E-state index in [2.05, 4.69) is 20.7 Å². The van der Waals surface area contributed by atoms with Crippen LogP contribution in [0.3, 0.4) is 0 Å². The van der Waals surface area contributed by atoms with Gasteiger partial charge in [-0.1, -0.05) is 0 Å². The van der Waals surface area contributed by atoms with Gasteiger partial charge < -0.3 is 10.2 Å². The molecule has 1 unspecified atom stereocenters. The topological polar surface area (TPSA) is 104 Å². The molecule has 0 radical (unpaired) electrons. The summed E-state index contributed by atoms with van der Waals surface area (Å²) in [6.45, 7) is 1.63. The first-order chi connectivity index (χ1) is 8.74. The van der Waals surface area contributed by atoms with E-state index in [9.17, 15) is 13.2 Å². The highest BCUT2D eigenvalue weighted by molar-refractivity contribution is 9.10. The molecule has 1 aromatic rings. The van der Waals surface area contributed by atoms with Crippen molar-refractivity contribution < 1.29 is 23.4 Å². The molecule has 1 aromatic carbocycles. The predicted molar refractivity (Wildman–Crippen MR) is 72.6 cm³/mol. The van der Waals surface area contributed by atoms with E-state index in [1.54, 1.807) is 6.92 Å². The number of carbonyl (C=O) groups is 1. The van der Waals surface area contributed by atoms with Crippen molar-refractivity contribution in [1.82, 2.24) is 4.72 Å². The molecule has 0 aromatic heterocycles. The SMILES string of the molecule is CC(O)CCNS(=O)(=O)c1ccc(Br)c(C(=O)O)c1. The Morgan fingerprint density at radius 2 is 2.11 bits per heavy atom. The first-order valence-electron chi connectivity index (χ1n) is 5.44. The number of aromatic carboxylic acids is 1. The van der Waals surface area contributed by atoms with Gasteiger partial charge in [0.15, 0.2) is 0 Å². The van der Waals surface area contributed by atoms with Gasteiger partial charge in [0.25, 0.3) is 0 Å². The average Bonchev–Trinajstić information content (AvgIpc) is 2.27. The van der Waals surface area contributed by atoms with Crippen molar-refractivity contribution in [2.75, 3.05) is 6.54 Å². The minimum absolute atomic E-state index is 0.0818. The number of hydrogen-bond donors (Lipinski definition) is 3. The van der Waals surface area contributed by atoms with Gasteiger partial charge in [0.05, 0.1) is 16.6 Å². The van der Waals surface area contributed by atoms with Gasteiger partial charge in [-0.3, -0.25) is 0 Å². The number of carboxylic acid groups (broad SMARTS) is 1. The van der Waals surface area contributed by atoms with Crippen molar-refractivity contribution in [3.05, 3.63) is 28.2 Å². The Morgan fingerprint density at radius 1 is 1.47 bits per heavy atom. The van der Waals surface area contributed by atoms with E-state index in [-0.39, 0.29) is 23.4 Å². The van der Waals surface area contributed by atoms with Crippen LogP contribution in [0.15, 0.2) is 27.6 Å². The summed E-state index contributed by atoms with van der Waals surface area (Å²) < 4.78 is 26.4. The first kappa shape index (κ1) is 16.1. The molecule has 0 aliphatic carbocycles. The van der Waals surface area contributed by atoms with E-state index < -0.39 is 22.1 Å². The van der Waals surface area contributed by atoms with Crippen LogP contribution in [0.2, 0.25) is 0 Å². The van der Waals surface area contributed by atoms with Crippen LogP contribution in [-0.2, 0) is 10.0 Å². The summed E-state index contributed by atoms with van der Waals surface area (Å²) in [7, 11) is -3.77. The van der Waals surface area contributed by atoms with Gasteiger partial charge in [0, 0.05) is 11.0 Å². The van der Waals surface area contributed by atoms with Gasteiger partial charge in [-0.05, 0) is 47.5 Å². The molecule has 6 nitrogen and oxygen atoms in total. The molecule has 1 rings (SSSR count). The Morgan fingerprint density at radius 3 is 2.63 bits per heavy atom. The predicted octanol–water partition coefficient (Wildman–Crippen LogP) is 1.20. The minimum Gasteiger partial charge on any atom is -0.478 e. The van der Waals surface area contributed by atoms with Gasteiger partial charge in [0.1, 0.15) is 0 Å². The largest absolute Gasteiger partial charge is 0.478 e. The number of hydrogen-bond acceptors (Lipinski definition) is 4. The monoisotopic (exact) mass is 351 g/mol. The molecule has 8 heteroatoms. The highest BCUT2D eigenvalue weighted by Gasteiger charge is 2.17. The molecule has 0 saturated heterocycles. The van der Waals surface area contributed by atoms with E-state index in [1.807, 2.05) is 0 Å². The van der Waals surface area contributed by atoms with Crippen LogP contribution in [0.1, 0.15) is 23.7 Å². The minimum atomic E-state index is -3.77. The number of rotatable bonds is 6. The van der Waals surface area contributed by atoms with E-state index in [0.717, 1.165) is 6.07 Å². The zero-order chi connectivity index (χ0) is 14.6. The van der Waals surface area contributed by atoms with Crippen molar-refractivity contribution in [2.24, 2.45) is 0 Å². The van der Waals surface area contributed by atoms with Crippen LogP contribution in [-0.4, -0.2) is 37.2 Å². The molecule has 1 atom stereocenters. The molecule has 0 saturated carbocycles. The maximum Gasteiger partial charge on any atom is 0.336 e. The van der Waals surface area contributed by atoms with Crippen molar-refractivity contribution in [2.45, 2.75) is 24.3 Å². The molecule has 106 valence electrons. The van der Waals surface area contributed by atoms with Gasteiger partial charge in [-0.2, -0.15) is 0 Å². The highest BCUT2D eigenvalue weighted by Crippen LogP contribution is 2.21. The Balaban J connectivity index is 2.96. The van der Waals surface area contributed by atoms with Crippen LogP contribution < -0.4 is 4.72 Å². The summed E-state index contributed by atoms with van der Waals surface area (Å²) in [5.41, 5.74) is -0.126. The molecule has 0 aliphatic rings. The molecule has 0 spiro atoms. The number of halogens is 1. The average molecular weight is 352 g/mol. The summed E-state index contributed by atoms with van der Waals surface area (Å²) in [5, 5.41) is 18.0. The summed E-state index contributed by atoms with van der Waals surface area (Å²) in [5.74, 6) is -1.21. The Bertz CT molecular complexity index is 570. The van der Waals surface area contributed by atoms with Crippen molar-refractivity contribution in [3.8, 4) is 0 Å². The second-order valence-corrected chi connectivity index (χ2v) is 6.60. The van der Waals surface area contributed by atoms with Crippen LogP contribution >= 0.6 is 15.9 Å².